The van der Waals surface area contributed by atoms with E-state index in [1.54, 1.807) is 14.1 Å². The van der Waals surface area contributed by atoms with Gasteiger partial charge in [0.15, 0.2) is 0 Å². The highest BCUT2D eigenvalue weighted by atomic mass is 32.2. The number of hydroxylamine groups is 3. The zero-order chi connectivity index (χ0) is 10.4. The van der Waals surface area contributed by atoms with Crippen LogP contribution < -0.4 is 0 Å². The second kappa shape index (κ2) is 5.44. The zero-order valence-corrected chi connectivity index (χ0v) is 8.21. The van der Waals surface area contributed by atoms with E-state index in [4.69, 9.17) is 23.3 Å². The molecule has 0 fully saturated rings. The Hall–Kier alpha value is -0.210. The molecule has 0 aliphatic rings. The van der Waals surface area contributed by atoms with Crippen LogP contribution >= 0.6 is 0 Å². The Labute approximate surface area is 72.3 Å². The molecule has 0 amide bonds. The van der Waals surface area contributed by atoms with E-state index in [1.165, 1.54) is 0 Å². The number of hydrogen-bond acceptors (Lipinski definition) is 5. The van der Waals surface area contributed by atoms with E-state index in [2.05, 4.69) is 0 Å². The zero-order valence-electron chi connectivity index (χ0n) is 7.39. The summed E-state index contributed by atoms with van der Waals surface area (Å²) in [5.74, 6) is 0. The molecule has 7 heteroatoms. The minimum atomic E-state index is -3.92. The van der Waals surface area contributed by atoms with Gasteiger partial charge >= 0.3 is 0 Å². The summed E-state index contributed by atoms with van der Waals surface area (Å²) in [5, 5.41) is 17.0. The Morgan fingerprint density at radius 1 is 1.42 bits per heavy atom. The first-order chi connectivity index (χ1) is 5.06. The summed E-state index contributed by atoms with van der Waals surface area (Å²) in [6.45, 7) is 0.420. The highest BCUT2D eigenvalue weighted by molar-refractivity contribution is 7.84. The molecule has 12 heavy (non-hydrogen) atoms. The lowest BCUT2D eigenvalue weighted by Crippen LogP contribution is -2.37. The SMILES string of the molecule is CS(=O)(=O)[O-].C[N+](C)(O)CCO. The van der Waals surface area contributed by atoms with Gasteiger partial charge in [-0.1, -0.05) is 0 Å². The van der Waals surface area contributed by atoms with E-state index < -0.39 is 10.1 Å². The molecule has 0 rings (SSSR count). The van der Waals surface area contributed by atoms with E-state index in [0.717, 1.165) is 0 Å². The average molecular weight is 201 g/mol. The molecule has 0 aromatic heterocycles. The predicted molar refractivity (Wildman–Crippen MR) is 41.5 cm³/mol. The number of likely N-dealkylation sites (N-methyl/N-ethyl adjacent to an activating group) is 1. The number of nitrogens with zero attached hydrogens (tertiary/aromatic N) is 1. The fourth-order valence-electron chi connectivity index (χ4n) is 0.245. The van der Waals surface area contributed by atoms with Crippen LogP contribution in [0, 0.1) is 0 Å². The highest BCUT2D eigenvalue weighted by Gasteiger charge is 2.06. The first-order valence-electron chi connectivity index (χ1n) is 3.14. The van der Waals surface area contributed by atoms with Crippen LogP contribution in [0.5, 0.6) is 0 Å². The molecule has 0 aromatic carbocycles. The van der Waals surface area contributed by atoms with Gasteiger partial charge in [0.05, 0.1) is 30.8 Å². The Morgan fingerprint density at radius 2 is 1.67 bits per heavy atom. The molecule has 0 spiro atoms. The molecule has 0 saturated heterocycles. The largest absolute Gasteiger partial charge is 0.748 e. The molecular weight excluding hydrogens is 186 g/mol. The van der Waals surface area contributed by atoms with Gasteiger partial charge in [-0.05, 0) is 0 Å². The van der Waals surface area contributed by atoms with Crippen LogP contribution in [0.4, 0.5) is 0 Å². The lowest BCUT2D eigenvalue weighted by atomic mass is 10.6. The maximum absolute atomic E-state index is 9.08. The van der Waals surface area contributed by atoms with Gasteiger partial charge in [-0.2, -0.15) is 4.65 Å². The summed E-state index contributed by atoms with van der Waals surface area (Å²) < 4.78 is 27.1. The molecule has 0 heterocycles. The van der Waals surface area contributed by atoms with Crippen LogP contribution in [0.2, 0.25) is 0 Å². The highest BCUT2D eigenvalue weighted by Crippen LogP contribution is 1.83. The maximum Gasteiger partial charge on any atom is 0.131 e. The second-order valence-electron chi connectivity index (χ2n) is 2.77. The van der Waals surface area contributed by atoms with E-state index in [1.807, 2.05) is 0 Å². The van der Waals surface area contributed by atoms with Gasteiger partial charge in [0.2, 0.25) is 0 Å². The van der Waals surface area contributed by atoms with Crippen molar-refractivity contribution in [1.29, 1.82) is 0 Å². The monoisotopic (exact) mass is 201 g/mol. The minimum absolute atomic E-state index is 0.0312. The second-order valence-corrected chi connectivity index (χ2v) is 4.18. The molecule has 76 valence electrons. The van der Waals surface area contributed by atoms with Crippen molar-refractivity contribution in [2.45, 2.75) is 0 Å². The van der Waals surface area contributed by atoms with Crippen molar-refractivity contribution in [3.8, 4) is 0 Å². The van der Waals surface area contributed by atoms with Crippen molar-refractivity contribution in [2.75, 3.05) is 33.5 Å². The lowest BCUT2D eigenvalue weighted by molar-refractivity contribution is -1.07. The van der Waals surface area contributed by atoms with Crippen molar-refractivity contribution < 1.29 is 27.9 Å². The number of hydrogen-bond donors (Lipinski definition) is 2. The molecular formula is C5H15NO5S. The maximum atomic E-state index is 9.08. The number of rotatable bonds is 2. The number of aliphatic hydroxyl groups excluding tert-OH is 1. The fourth-order valence-corrected chi connectivity index (χ4v) is 0.245. The van der Waals surface area contributed by atoms with E-state index >= 15 is 0 Å². The molecule has 2 N–H and O–H groups in total. The van der Waals surface area contributed by atoms with Crippen LogP contribution in [-0.4, -0.2) is 61.4 Å². The van der Waals surface area contributed by atoms with Gasteiger partial charge in [-0.3, -0.25) is 0 Å². The van der Waals surface area contributed by atoms with Gasteiger partial charge in [0.1, 0.15) is 6.54 Å². The summed E-state index contributed by atoms with van der Waals surface area (Å²) in [4.78, 5) is 0. The Kier molecular flexibility index (Phi) is 6.49. The van der Waals surface area contributed by atoms with Crippen molar-refractivity contribution in [3.63, 3.8) is 0 Å². The smallest absolute Gasteiger partial charge is 0.131 e. The summed E-state index contributed by atoms with van der Waals surface area (Å²) in [5.41, 5.74) is 0. The number of quaternary nitrogens is 1. The molecule has 0 aliphatic carbocycles. The van der Waals surface area contributed by atoms with Gasteiger partial charge in [0, 0.05) is 6.26 Å². The van der Waals surface area contributed by atoms with E-state index in [-0.39, 0.29) is 11.3 Å². The van der Waals surface area contributed by atoms with Crippen molar-refractivity contribution >= 4 is 10.1 Å². The minimum Gasteiger partial charge on any atom is -0.748 e. The molecule has 0 radical (unpaired) electrons. The van der Waals surface area contributed by atoms with Crippen LogP contribution in [0.3, 0.4) is 0 Å². The molecule has 0 bridgehead atoms. The fraction of sp³-hybridized carbons (Fsp3) is 1.00. The Bertz CT molecular complexity index is 184. The standard InChI is InChI=1S/C4H12NO2.CH4O3S/c1-5(2,7)3-4-6;1-5(2,3)4/h6-7H,3-4H2,1-2H3;1H3,(H,2,3,4)/q+1;/p-1. The molecule has 0 atom stereocenters. The van der Waals surface area contributed by atoms with Crippen molar-refractivity contribution in [2.24, 2.45) is 0 Å². The van der Waals surface area contributed by atoms with Crippen LogP contribution in [0.25, 0.3) is 0 Å². The quantitative estimate of drug-likeness (QED) is 0.325. The molecule has 0 unspecified atom stereocenters. The number of aliphatic hydroxyl groups is 1. The molecule has 0 saturated carbocycles. The topological polar surface area (TPSA) is 97.7 Å². The Balaban J connectivity index is 0. The molecule has 0 aromatic rings. The third-order valence-electron chi connectivity index (χ3n) is 0.647. The van der Waals surface area contributed by atoms with Crippen LogP contribution in [0.1, 0.15) is 0 Å². The van der Waals surface area contributed by atoms with Crippen LogP contribution in [-0.2, 0) is 10.1 Å². The predicted octanol–water partition coefficient (Wildman–Crippen LogP) is -1.39. The summed E-state index contributed by atoms with van der Waals surface area (Å²) in [6.07, 6.45) is 0.604. The van der Waals surface area contributed by atoms with Crippen LogP contribution in [0.15, 0.2) is 0 Å². The summed E-state index contributed by atoms with van der Waals surface area (Å²) >= 11 is 0. The molecule has 6 nitrogen and oxygen atoms in total. The van der Waals surface area contributed by atoms with Gasteiger partial charge in [0.25, 0.3) is 0 Å². The van der Waals surface area contributed by atoms with Gasteiger partial charge < -0.3 is 9.66 Å². The van der Waals surface area contributed by atoms with Crippen molar-refractivity contribution in [3.05, 3.63) is 0 Å². The third kappa shape index (κ3) is 52.7. The van der Waals surface area contributed by atoms with Gasteiger partial charge in [-0.25, -0.2) is 13.6 Å². The van der Waals surface area contributed by atoms with Gasteiger partial charge in [-0.15, -0.1) is 0 Å². The summed E-state index contributed by atoms with van der Waals surface area (Å²) in [7, 11) is -0.702. The van der Waals surface area contributed by atoms with E-state index in [9.17, 15) is 0 Å². The van der Waals surface area contributed by atoms with Crippen molar-refractivity contribution in [1.82, 2.24) is 0 Å². The lowest BCUT2D eigenvalue weighted by Gasteiger charge is -2.16. The first kappa shape index (κ1) is 14.3. The summed E-state index contributed by atoms with van der Waals surface area (Å²) in [6, 6.07) is 0. The Morgan fingerprint density at radius 3 is 1.67 bits per heavy atom. The molecule has 0 aliphatic heterocycles. The third-order valence-corrected chi connectivity index (χ3v) is 0.647. The first-order valence-corrected chi connectivity index (χ1v) is 4.95. The average Bonchev–Trinajstić information content (AvgIpc) is 1.54. The van der Waals surface area contributed by atoms with E-state index in [0.29, 0.717) is 12.8 Å². The normalized spacial score (nSPS) is 11.8.